The average molecular weight is 203 g/mol. The Labute approximate surface area is 78.5 Å². The van der Waals surface area contributed by atoms with Crippen molar-refractivity contribution in [1.29, 1.82) is 0 Å². The van der Waals surface area contributed by atoms with Crippen molar-refractivity contribution in [2.45, 2.75) is 32.6 Å². The predicted molar refractivity (Wildman–Crippen MR) is 29.1 cm³/mol. The van der Waals surface area contributed by atoms with E-state index in [0.29, 0.717) is 0 Å². The summed E-state index contributed by atoms with van der Waals surface area (Å²) in [7, 11) is 0. The second kappa shape index (κ2) is 12.0. The van der Waals surface area contributed by atoms with Gasteiger partial charge >= 0.3 is 17.4 Å². The zero-order chi connectivity index (χ0) is 6.41. The number of carbonyl (C=O) groups excluding carboxylic acids is 1. The molecule has 0 unspecified atom stereocenters. The fraction of sp³-hybridized carbons (Fsp3) is 0.833. The van der Waals surface area contributed by atoms with E-state index in [0.717, 1.165) is 19.3 Å². The van der Waals surface area contributed by atoms with Crippen molar-refractivity contribution in [1.82, 2.24) is 0 Å². The van der Waals surface area contributed by atoms with Gasteiger partial charge in [-0.3, -0.25) is 0 Å². The summed E-state index contributed by atoms with van der Waals surface area (Å²) in [5.41, 5.74) is 0. The van der Waals surface area contributed by atoms with Crippen LogP contribution in [0.2, 0.25) is 0 Å². The van der Waals surface area contributed by atoms with Crippen LogP contribution in [-0.2, 0) is 22.2 Å². The summed E-state index contributed by atoms with van der Waals surface area (Å²) in [4.78, 5) is 9.76. The molecule has 10 heavy (non-hydrogen) atoms. The van der Waals surface area contributed by atoms with Crippen molar-refractivity contribution >= 4 is 5.97 Å². The molecule has 0 saturated carbocycles. The van der Waals surface area contributed by atoms with Crippen molar-refractivity contribution in [3.05, 3.63) is 0 Å². The third kappa shape index (κ3) is 15.7. The first kappa shape index (κ1) is 16.7. The summed E-state index contributed by atoms with van der Waals surface area (Å²) in [6.07, 6.45) is 3.04. The van der Waals surface area contributed by atoms with Crippen molar-refractivity contribution in [2.24, 2.45) is 0 Å². The number of carbonyl (C=O) groups is 1. The van der Waals surface area contributed by atoms with Gasteiger partial charge in [0, 0.05) is 5.97 Å². The van der Waals surface area contributed by atoms with Crippen LogP contribution in [0.15, 0.2) is 0 Å². The van der Waals surface area contributed by atoms with Gasteiger partial charge in [0.15, 0.2) is 0 Å². The maximum atomic E-state index is 9.76. The molecule has 0 radical (unpaired) electrons. The van der Waals surface area contributed by atoms with Crippen molar-refractivity contribution in [3.63, 3.8) is 0 Å². The number of carboxylic acids is 1. The molecule has 0 heterocycles. The number of hydrogen-bond donors (Lipinski definition) is 0. The van der Waals surface area contributed by atoms with E-state index in [1.807, 2.05) is 6.92 Å². The van der Waals surface area contributed by atoms with Crippen LogP contribution < -0.4 is 17.5 Å². The molecule has 60 valence electrons. The second-order valence-corrected chi connectivity index (χ2v) is 1.83. The minimum Gasteiger partial charge on any atom is -1.00 e. The van der Waals surface area contributed by atoms with Gasteiger partial charge in [0.2, 0.25) is 0 Å². The first-order valence-electron chi connectivity index (χ1n) is 2.97. The molecule has 0 fully saturated rings. The van der Waals surface area contributed by atoms with Gasteiger partial charge in [-0.25, -0.2) is 0 Å². The SMILES string of the molecule is CCCCCC(=O)[O-].[Cl-].[Cr+2]. The number of rotatable bonds is 4. The molecule has 2 nitrogen and oxygen atoms in total. The molecule has 0 aliphatic heterocycles. The van der Waals surface area contributed by atoms with Gasteiger partial charge in [0.05, 0.1) is 0 Å². The van der Waals surface area contributed by atoms with Gasteiger partial charge in [-0.05, 0) is 12.8 Å². The summed E-state index contributed by atoms with van der Waals surface area (Å²) < 4.78 is 0. The summed E-state index contributed by atoms with van der Waals surface area (Å²) >= 11 is 0. The summed E-state index contributed by atoms with van der Waals surface area (Å²) in [6.45, 7) is 2.04. The molecule has 0 rings (SSSR count). The Balaban J connectivity index is -0.000000245. The van der Waals surface area contributed by atoms with E-state index in [1.165, 1.54) is 0 Å². The molecule has 0 aliphatic carbocycles. The van der Waals surface area contributed by atoms with E-state index in [2.05, 4.69) is 0 Å². The Bertz CT molecular complexity index is 78.1. The van der Waals surface area contributed by atoms with E-state index in [1.54, 1.807) is 0 Å². The van der Waals surface area contributed by atoms with Gasteiger partial charge in [-0.2, -0.15) is 0 Å². The maximum Gasteiger partial charge on any atom is 2.00 e. The number of halogens is 1. The number of carboxylic acid groups (broad SMARTS) is 1. The van der Waals surface area contributed by atoms with Gasteiger partial charge < -0.3 is 22.3 Å². The molecular formula is C6H11ClCrO2. The minimum atomic E-state index is -0.932. The Kier molecular flexibility index (Phi) is 20.1. The van der Waals surface area contributed by atoms with Crippen LogP contribution >= 0.6 is 0 Å². The number of hydrogen-bond acceptors (Lipinski definition) is 2. The monoisotopic (exact) mass is 202 g/mol. The molecule has 0 aromatic carbocycles. The zero-order valence-corrected chi connectivity index (χ0v) is 7.96. The molecule has 0 aromatic heterocycles. The average Bonchev–Trinajstić information content (AvgIpc) is 1.66. The Hall–Kier alpha value is 0.292. The van der Waals surface area contributed by atoms with E-state index in [9.17, 15) is 9.90 Å². The third-order valence-electron chi connectivity index (χ3n) is 0.984. The molecule has 0 aliphatic rings. The van der Waals surface area contributed by atoms with E-state index >= 15 is 0 Å². The molecule has 0 atom stereocenters. The maximum absolute atomic E-state index is 9.76. The first-order valence-corrected chi connectivity index (χ1v) is 2.97. The molecular weight excluding hydrogens is 192 g/mol. The fourth-order valence-corrected chi connectivity index (χ4v) is 0.519. The van der Waals surface area contributed by atoms with Crippen LogP contribution in [0.5, 0.6) is 0 Å². The van der Waals surface area contributed by atoms with Gasteiger partial charge in [0.25, 0.3) is 0 Å². The molecule has 0 N–H and O–H groups in total. The Morgan fingerprint density at radius 2 is 1.90 bits per heavy atom. The molecule has 0 aromatic rings. The van der Waals surface area contributed by atoms with Crippen LogP contribution in [0.25, 0.3) is 0 Å². The van der Waals surface area contributed by atoms with Gasteiger partial charge in [-0.1, -0.05) is 19.8 Å². The van der Waals surface area contributed by atoms with E-state index in [4.69, 9.17) is 0 Å². The van der Waals surface area contributed by atoms with Crippen LogP contribution in [-0.4, -0.2) is 5.97 Å². The molecule has 0 amide bonds. The minimum absolute atomic E-state index is 0. The topological polar surface area (TPSA) is 40.1 Å². The Morgan fingerprint density at radius 3 is 2.20 bits per heavy atom. The van der Waals surface area contributed by atoms with Crippen LogP contribution in [0.3, 0.4) is 0 Å². The molecule has 4 heteroatoms. The second-order valence-electron chi connectivity index (χ2n) is 1.83. The Morgan fingerprint density at radius 1 is 1.40 bits per heavy atom. The van der Waals surface area contributed by atoms with Crippen molar-refractivity contribution in [2.75, 3.05) is 0 Å². The van der Waals surface area contributed by atoms with Gasteiger partial charge in [-0.15, -0.1) is 0 Å². The smallest absolute Gasteiger partial charge is 1.00 e. The van der Waals surface area contributed by atoms with Crippen LogP contribution in [0, 0.1) is 0 Å². The van der Waals surface area contributed by atoms with Crippen LogP contribution in [0.4, 0.5) is 0 Å². The number of aliphatic carboxylic acids is 1. The van der Waals surface area contributed by atoms with E-state index in [-0.39, 0.29) is 36.2 Å². The van der Waals surface area contributed by atoms with E-state index < -0.39 is 5.97 Å². The quantitative estimate of drug-likeness (QED) is 0.466. The third-order valence-corrected chi connectivity index (χ3v) is 0.984. The number of unbranched alkanes of at least 4 members (excludes halogenated alkanes) is 2. The summed E-state index contributed by atoms with van der Waals surface area (Å²) in [6, 6.07) is 0. The molecule has 0 saturated heterocycles. The largest absolute Gasteiger partial charge is 2.00 e. The first-order chi connectivity index (χ1) is 3.77. The van der Waals surface area contributed by atoms with Crippen molar-refractivity contribution < 1.29 is 39.7 Å². The van der Waals surface area contributed by atoms with Crippen molar-refractivity contribution in [3.8, 4) is 0 Å². The fourth-order valence-electron chi connectivity index (χ4n) is 0.519. The predicted octanol–water partition coefficient (Wildman–Crippen LogP) is -2.68. The van der Waals surface area contributed by atoms with Crippen LogP contribution in [0.1, 0.15) is 32.6 Å². The molecule has 0 spiro atoms. The molecule has 0 bridgehead atoms. The normalized spacial score (nSPS) is 7.30. The van der Waals surface area contributed by atoms with Gasteiger partial charge in [0.1, 0.15) is 0 Å². The summed E-state index contributed by atoms with van der Waals surface area (Å²) in [5, 5.41) is 9.76. The summed E-state index contributed by atoms with van der Waals surface area (Å²) in [5.74, 6) is -0.932. The standard InChI is InChI=1S/C6H12O2.ClH.Cr/c1-2-3-4-5-6(7)8;;/h2-5H2,1H3,(H,7,8);1H;/q;;+2/p-2. The zero-order valence-electron chi connectivity index (χ0n) is 5.93.